The zero-order valence-corrected chi connectivity index (χ0v) is 23.4. The first kappa shape index (κ1) is 32.9. The molecule has 196 valence electrons. The molecule has 0 spiro atoms. The summed E-state index contributed by atoms with van der Waals surface area (Å²) in [6, 6.07) is 0. The number of thioether (sulfide) groups is 1. The molecule has 0 saturated carbocycles. The van der Waals surface area contributed by atoms with E-state index in [1.165, 1.54) is 0 Å². The van der Waals surface area contributed by atoms with E-state index in [-0.39, 0.29) is 23.5 Å². The van der Waals surface area contributed by atoms with Crippen molar-refractivity contribution in [2.75, 3.05) is 56.2 Å². The number of amides is 2. The Morgan fingerprint density at radius 3 is 2.42 bits per heavy atom. The molecule has 0 fully saturated rings. The van der Waals surface area contributed by atoms with Crippen molar-refractivity contribution in [3.05, 3.63) is 0 Å². The fourth-order valence-electron chi connectivity index (χ4n) is 3.01. The van der Waals surface area contributed by atoms with Gasteiger partial charge in [0.05, 0.1) is 5.75 Å². The van der Waals surface area contributed by atoms with Crippen LogP contribution in [0.25, 0.3) is 0 Å². The van der Waals surface area contributed by atoms with E-state index in [2.05, 4.69) is 35.9 Å². The summed E-state index contributed by atoms with van der Waals surface area (Å²) in [4.78, 5) is 26.0. The Balaban J connectivity index is 3.66. The first-order valence-electron chi connectivity index (χ1n) is 11.6. The van der Waals surface area contributed by atoms with E-state index in [0.29, 0.717) is 43.5 Å². The van der Waals surface area contributed by atoms with Crippen LogP contribution in [-0.4, -0.2) is 91.2 Å². The van der Waals surface area contributed by atoms with Gasteiger partial charge in [-0.3, -0.25) is 14.1 Å². The number of nitrogens with zero attached hydrogens (tertiary/aromatic N) is 1. The van der Waals surface area contributed by atoms with Crippen LogP contribution in [0.15, 0.2) is 0 Å². The molecule has 0 aliphatic heterocycles. The highest BCUT2D eigenvalue weighted by atomic mass is 32.2. The van der Waals surface area contributed by atoms with Crippen LogP contribution < -0.4 is 10.6 Å². The second-order valence-electron chi connectivity index (χ2n) is 8.33. The lowest BCUT2D eigenvalue weighted by atomic mass is 10.1. The van der Waals surface area contributed by atoms with E-state index in [1.54, 1.807) is 11.8 Å². The minimum atomic E-state index is -3.90. The van der Waals surface area contributed by atoms with Gasteiger partial charge in [-0.05, 0) is 58.0 Å². The molecule has 8 nitrogen and oxygen atoms in total. The van der Waals surface area contributed by atoms with Crippen LogP contribution in [-0.2, 0) is 19.7 Å². The molecule has 0 saturated heterocycles. The highest BCUT2D eigenvalue weighted by Crippen LogP contribution is 2.12. The molecule has 0 radical (unpaired) electrons. The molecule has 0 aliphatic carbocycles. The summed E-state index contributed by atoms with van der Waals surface area (Å²) in [6.07, 6.45) is 5.57. The van der Waals surface area contributed by atoms with E-state index in [9.17, 15) is 18.0 Å². The molecule has 0 bridgehead atoms. The fourth-order valence-corrected chi connectivity index (χ4v) is 5.25. The summed E-state index contributed by atoms with van der Waals surface area (Å²) in [6.45, 7) is 4.37. The van der Waals surface area contributed by atoms with Gasteiger partial charge < -0.3 is 15.5 Å². The summed E-state index contributed by atoms with van der Waals surface area (Å²) in [7, 11) is -2.02. The van der Waals surface area contributed by atoms with E-state index >= 15 is 0 Å². The molecule has 0 aliphatic rings. The van der Waals surface area contributed by atoms with Gasteiger partial charge in [0.15, 0.2) is 0 Å². The summed E-state index contributed by atoms with van der Waals surface area (Å²) < 4.78 is 30.1. The first-order chi connectivity index (χ1) is 15.5. The lowest BCUT2D eigenvalue weighted by Gasteiger charge is -2.17. The summed E-state index contributed by atoms with van der Waals surface area (Å²) in [5.41, 5.74) is 0. The third-order valence-electron chi connectivity index (χ3n) is 5.00. The maximum atomic E-state index is 12.2. The minimum absolute atomic E-state index is 0.0148. The Labute approximate surface area is 215 Å². The summed E-state index contributed by atoms with van der Waals surface area (Å²) >= 11 is 10.3. The molecule has 2 unspecified atom stereocenters. The number of nitrogens with one attached hydrogen (secondary N) is 2. The van der Waals surface area contributed by atoms with Crippen molar-refractivity contribution in [3.8, 4) is 0 Å². The Morgan fingerprint density at radius 1 is 1.06 bits per heavy atom. The van der Waals surface area contributed by atoms with Crippen molar-refractivity contribution in [1.82, 2.24) is 15.5 Å². The van der Waals surface area contributed by atoms with Crippen LogP contribution in [0.5, 0.6) is 0 Å². The Morgan fingerprint density at radius 2 is 1.76 bits per heavy atom. The van der Waals surface area contributed by atoms with Gasteiger partial charge in [0.2, 0.25) is 11.8 Å². The average Bonchev–Trinajstić information content (AvgIpc) is 2.73. The van der Waals surface area contributed by atoms with Gasteiger partial charge in [0.1, 0.15) is 0 Å². The summed E-state index contributed by atoms with van der Waals surface area (Å²) in [5.74, 6) is 2.07. The molecule has 12 heteroatoms. The molecule has 2 amide bonds. The SMILES string of the molecule is CC(CSCCNC(=O)CCCCC(S)CCS)C(=O)NCCCN(C)CCCS(=O)(=O)O. The van der Waals surface area contributed by atoms with Crippen LogP contribution in [0.4, 0.5) is 0 Å². The van der Waals surface area contributed by atoms with Gasteiger partial charge in [-0.1, -0.05) is 13.3 Å². The summed E-state index contributed by atoms with van der Waals surface area (Å²) in [5, 5.41) is 6.23. The second kappa shape index (κ2) is 20.1. The molecular formula is C21H43N3O5S4. The number of carbonyl (C=O) groups excluding carboxylic acids is 2. The van der Waals surface area contributed by atoms with Crippen molar-refractivity contribution in [1.29, 1.82) is 0 Å². The third-order valence-corrected chi connectivity index (χ3v) is 7.80. The van der Waals surface area contributed by atoms with Crippen LogP contribution >= 0.6 is 37.0 Å². The highest BCUT2D eigenvalue weighted by molar-refractivity contribution is 7.99. The van der Waals surface area contributed by atoms with Gasteiger partial charge in [-0.25, -0.2) is 0 Å². The molecule has 0 aromatic rings. The number of hydrogen-bond acceptors (Lipinski definition) is 8. The van der Waals surface area contributed by atoms with E-state index in [4.69, 9.17) is 4.55 Å². The van der Waals surface area contributed by atoms with Crippen molar-refractivity contribution in [3.63, 3.8) is 0 Å². The molecule has 3 N–H and O–H groups in total. The molecule has 33 heavy (non-hydrogen) atoms. The molecule has 0 heterocycles. The van der Waals surface area contributed by atoms with Gasteiger partial charge in [0, 0.05) is 42.2 Å². The third kappa shape index (κ3) is 22.1. The van der Waals surface area contributed by atoms with Gasteiger partial charge >= 0.3 is 0 Å². The maximum absolute atomic E-state index is 12.2. The monoisotopic (exact) mass is 545 g/mol. The number of carbonyl (C=O) groups is 2. The van der Waals surface area contributed by atoms with Gasteiger partial charge in [-0.15, -0.1) is 0 Å². The van der Waals surface area contributed by atoms with Gasteiger partial charge in [0.25, 0.3) is 10.1 Å². The molecule has 2 atom stereocenters. The van der Waals surface area contributed by atoms with E-state index < -0.39 is 10.1 Å². The van der Waals surface area contributed by atoms with Crippen LogP contribution in [0, 0.1) is 5.92 Å². The van der Waals surface area contributed by atoms with Crippen LogP contribution in [0.1, 0.15) is 51.9 Å². The number of thiol groups is 2. The zero-order chi connectivity index (χ0) is 25.1. The standard InChI is InChI=1S/C21H43N3O5S4/c1-18(21(26)23-10-5-12-24(2)13-6-16-33(27,28)29)17-32-15-11-22-20(25)8-4-3-7-19(31)9-14-30/h18-19,30-31H,3-17H2,1-2H3,(H,22,25)(H,23,26)(H,27,28,29). The Bertz CT molecular complexity index is 637. The molecule has 0 aromatic heterocycles. The second-order valence-corrected chi connectivity index (χ2v) is 12.2. The quantitative estimate of drug-likeness (QED) is 0.0854. The predicted molar refractivity (Wildman–Crippen MR) is 145 cm³/mol. The largest absolute Gasteiger partial charge is 0.356 e. The van der Waals surface area contributed by atoms with Crippen LogP contribution in [0.3, 0.4) is 0 Å². The Hall–Kier alpha value is -0.140. The smallest absolute Gasteiger partial charge is 0.264 e. The topological polar surface area (TPSA) is 116 Å². The minimum Gasteiger partial charge on any atom is -0.356 e. The fraction of sp³-hybridized carbons (Fsp3) is 0.905. The van der Waals surface area contributed by atoms with E-state index in [1.807, 2.05) is 18.9 Å². The maximum Gasteiger partial charge on any atom is 0.264 e. The van der Waals surface area contributed by atoms with Gasteiger partial charge in [-0.2, -0.15) is 45.4 Å². The molecule has 0 rings (SSSR count). The zero-order valence-electron chi connectivity index (χ0n) is 20.0. The van der Waals surface area contributed by atoms with Crippen molar-refractivity contribution in [2.24, 2.45) is 5.92 Å². The molecule has 0 aromatic carbocycles. The first-order valence-corrected chi connectivity index (χ1v) is 15.5. The lowest BCUT2D eigenvalue weighted by Crippen LogP contribution is -2.33. The van der Waals surface area contributed by atoms with Crippen LogP contribution in [0.2, 0.25) is 0 Å². The average molecular weight is 546 g/mol. The lowest BCUT2D eigenvalue weighted by molar-refractivity contribution is -0.124. The molecular weight excluding hydrogens is 503 g/mol. The van der Waals surface area contributed by atoms with E-state index in [0.717, 1.165) is 50.2 Å². The predicted octanol–water partition coefficient (Wildman–Crippen LogP) is 2.37. The van der Waals surface area contributed by atoms with Crippen molar-refractivity contribution < 1.29 is 22.6 Å². The number of hydrogen-bond donors (Lipinski definition) is 5. The normalized spacial score (nSPS) is 13.6. The number of rotatable bonds is 21. The number of unbranched alkanes of at least 4 members (excludes halogenated alkanes) is 1. The van der Waals surface area contributed by atoms with Crippen molar-refractivity contribution >= 4 is 59.0 Å². The van der Waals surface area contributed by atoms with Crippen molar-refractivity contribution in [2.45, 2.75) is 57.1 Å². The Kier molecular flexibility index (Phi) is 20.0. The highest BCUT2D eigenvalue weighted by Gasteiger charge is 2.12.